The van der Waals surface area contributed by atoms with E-state index >= 15 is 0 Å². The van der Waals surface area contributed by atoms with Gasteiger partial charge in [-0.3, -0.25) is 4.79 Å². The van der Waals surface area contributed by atoms with Crippen molar-refractivity contribution in [1.29, 1.82) is 0 Å². The van der Waals surface area contributed by atoms with E-state index in [-0.39, 0.29) is 12.1 Å². The molecule has 150 valence electrons. The molecular formula is C20H29ClN2O4. The summed E-state index contributed by atoms with van der Waals surface area (Å²) in [5, 5.41) is 16.3. The topological polar surface area (TPSA) is 87.7 Å². The number of nitrogens with one attached hydrogen (secondary N) is 2. The Morgan fingerprint density at radius 2 is 1.70 bits per heavy atom. The van der Waals surface area contributed by atoms with Gasteiger partial charge in [-0.15, -0.1) is 0 Å². The van der Waals surface area contributed by atoms with Gasteiger partial charge in [0.15, 0.2) is 0 Å². The fourth-order valence-electron chi connectivity index (χ4n) is 3.24. The molecule has 0 heterocycles. The van der Waals surface area contributed by atoms with Gasteiger partial charge in [-0.25, -0.2) is 4.79 Å². The van der Waals surface area contributed by atoms with Crippen molar-refractivity contribution < 1.29 is 19.4 Å². The van der Waals surface area contributed by atoms with Crippen LogP contribution in [-0.2, 0) is 16.0 Å². The number of ether oxygens (including phenoxy) is 1. The number of alkyl carbamates (subject to hydrolysis) is 1. The van der Waals surface area contributed by atoms with Gasteiger partial charge in [0, 0.05) is 17.1 Å². The zero-order chi connectivity index (χ0) is 20.0. The lowest BCUT2D eigenvalue weighted by atomic mass is 9.90. The van der Waals surface area contributed by atoms with E-state index in [4.69, 9.17) is 16.3 Å². The first-order valence-corrected chi connectivity index (χ1v) is 9.73. The monoisotopic (exact) mass is 396 g/mol. The second-order valence-electron chi connectivity index (χ2n) is 8.08. The first-order chi connectivity index (χ1) is 12.6. The van der Waals surface area contributed by atoms with Crippen molar-refractivity contribution in [3.63, 3.8) is 0 Å². The minimum atomic E-state index is -0.862. The molecule has 1 saturated carbocycles. The fraction of sp³-hybridized carbons (Fsp3) is 0.600. The number of benzene rings is 1. The highest BCUT2D eigenvalue weighted by Crippen LogP contribution is 2.21. The van der Waals surface area contributed by atoms with Crippen molar-refractivity contribution in [2.24, 2.45) is 0 Å². The normalized spacial score (nSPS) is 21.3. The fourth-order valence-corrected chi connectivity index (χ4v) is 3.36. The molecule has 0 bridgehead atoms. The van der Waals surface area contributed by atoms with E-state index in [9.17, 15) is 14.7 Å². The zero-order valence-electron chi connectivity index (χ0n) is 16.1. The van der Waals surface area contributed by atoms with E-state index in [0.717, 1.165) is 31.2 Å². The Balaban J connectivity index is 1.81. The minimum Gasteiger partial charge on any atom is -0.480 e. The van der Waals surface area contributed by atoms with Crippen molar-refractivity contribution in [2.45, 2.75) is 76.6 Å². The second-order valence-corrected chi connectivity index (χ2v) is 8.52. The van der Waals surface area contributed by atoms with E-state index in [1.807, 2.05) is 32.9 Å². The number of carbonyl (C=O) groups is 2. The van der Waals surface area contributed by atoms with Crippen molar-refractivity contribution in [3.05, 3.63) is 34.9 Å². The third-order valence-electron chi connectivity index (χ3n) is 4.54. The van der Waals surface area contributed by atoms with Crippen molar-refractivity contribution in [3.8, 4) is 0 Å². The molecule has 1 atom stereocenters. The molecule has 0 aromatic heterocycles. The molecule has 7 heteroatoms. The van der Waals surface area contributed by atoms with Gasteiger partial charge in [-0.1, -0.05) is 23.7 Å². The third kappa shape index (κ3) is 7.77. The molecule has 27 heavy (non-hydrogen) atoms. The molecule has 3 N–H and O–H groups in total. The predicted octanol–water partition coefficient (Wildman–Crippen LogP) is 3.76. The number of carbonyl (C=O) groups excluding carboxylic acids is 1. The number of carboxylic acids is 1. The molecule has 6 nitrogen and oxygen atoms in total. The highest BCUT2D eigenvalue weighted by atomic mass is 35.5. The van der Waals surface area contributed by atoms with E-state index < -0.39 is 23.7 Å². The van der Waals surface area contributed by atoms with Gasteiger partial charge in [0.2, 0.25) is 0 Å². The number of amides is 1. The van der Waals surface area contributed by atoms with Gasteiger partial charge >= 0.3 is 12.1 Å². The molecule has 0 saturated heterocycles. The summed E-state index contributed by atoms with van der Waals surface area (Å²) in [4.78, 5) is 23.5. The van der Waals surface area contributed by atoms with Crippen LogP contribution < -0.4 is 10.6 Å². The van der Waals surface area contributed by atoms with Gasteiger partial charge in [-0.05, 0) is 70.6 Å². The molecule has 2 rings (SSSR count). The average Bonchev–Trinajstić information content (AvgIpc) is 2.56. The molecule has 1 amide bonds. The van der Waals surface area contributed by atoms with Crippen LogP contribution in [0.3, 0.4) is 0 Å². The second kappa shape index (κ2) is 9.42. The highest BCUT2D eigenvalue weighted by Gasteiger charge is 2.28. The molecule has 0 aliphatic heterocycles. The number of halogens is 1. The van der Waals surface area contributed by atoms with Crippen LogP contribution in [-0.4, -0.2) is 40.9 Å². The Bertz CT molecular complexity index is 634. The van der Waals surface area contributed by atoms with Crippen LogP contribution in [0.25, 0.3) is 0 Å². The standard InChI is InChI=1S/C20H29ClN2O4/c1-20(2,3)27-19(26)23-16-10-8-15(9-11-16)22-17(18(24)25)12-13-4-6-14(21)7-5-13/h4-7,15-17,22H,8-12H2,1-3H3,(H,23,26)(H,24,25)/t15?,16?,17-/m1/s1. The number of rotatable bonds is 6. The van der Waals surface area contributed by atoms with Crippen LogP contribution in [0.2, 0.25) is 5.02 Å². The number of aliphatic carboxylic acids is 1. The Hall–Kier alpha value is -1.79. The highest BCUT2D eigenvalue weighted by molar-refractivity contribution is 6.30. The maximum absolute atomic E-state index is 11.9. The van der Waals surface area contributed by atoms with Gasteiger partial charge in [0.1, 0.15) is 11.6 Å². The Labute approximate surface area is 165 Å². The predicted molar refractivity (Wildman–Crippen MR) is 105 cm³/mol. The van der Waals surface area contributed by atoms with Crippen molar-refractivity contribution in [1.82, 2.24) is 10.6 Å². The smallest absolute Gasteiger partial charge is 0.407 e. The summed E-state index contributed by atoms with van der Waals surface area (Å²) in [5.41, 5.74) is 0.415. The van der Waals surface area contributed by atoms with Crippen LogP contribution in [0.4, 0.5) is 4.79 Å². The van der Waals surface area contributed by atoms with E-state index in [2.05, 4.69) is 10.6 Å². The van der Waals surface area contributed by atoms with E-state index in [0.29, 0.717) is 11.4 Å². The SMILES string of the molecule is CC(C)(C)OC(=O)NC1CCC(N[C@H](Cc2ccc(Cl)cc2)C(=O)O)CC1. The number of hydrogen-bond donors (Lipinski definition) is 3. The lowest BCUT2D eigenvalue weighted by Crippen LogP contribution is -2.48. The van der Waals surface area contributed by atoms with Crippen LogP contribution in [0.15, 0.2) is 24.3 Å². The summed E-state index contributed by atoms with van der Waals surface area (Å²) < 4.78 is 5.29. The summed E-state index contributed by atoms with van der Waals surface area (Å²) in [6.07, 6.45) is 3.22. The first-order valence-electron chi connectivity index (χ1n) is 9.35. The van der Waals surface area contributed by atoms with Crippen LogP contribution in [0.5, 0.6) is 0 Å². The molecule has 1 aromatic rings. The molecule has 1 aromatic carbocycles. The van der Waals surface area contributed by atoms with Crippen LogP contribution in [0.1, 0.15) is 52.0 Å². The maximum atomic E-state index is 11.9. The van der Waals surface area contributed by atoms with Gasteiger partial charge in [0.05, 0.1) is 0 Å². The molecule has 1 aliphatic carbocycles. The van der Waals surface area contributed by atoms with Crippen LogP contribution >= 0.6 is 11.6 Å². The van der Waals surface area contributed by atoms with E-state index in [1.165, 1.54) is 0 Å². The lowest BCUT2D eigenvalue weighted by molar-refractivity contribution is -0.139. The van der Waals surface area contributed by atoms with Gasteiger partial charge in [-0.2, -0.15) is 0 Å². The van der Waals surface area contributed by atoms with Gasteiger partial charge < -0.3 is 20.5 Å². The molecular weight excluding hydrogens is 368 g/mol. The molecule has 1 aliphatic rings. The van der Waals surface area contributed by atoms with Gasteiger partial charge in [0.25, 0.3) is 0 Å². The summed E-state index contributed by atoms with van der Waals surface area (Å²) >= 11 is 5.88. The number of hydrogen-bond acceptors (Lipinski definition) is 4. The molecule has 0 radical (unpaired) electrons. The summed E-state index contributed by atoms with van der Waals surface area (Å²) in [6.45, 7) is 5.50. The Kier molecular flexibility index (Phi) is 7.50. The zero-order valence-corrected chi connectivity index (χ0v) is 16.9. The number of carboxylic acid groups (broad SMARTS) is 1. The minimum absolute atomic E-state index is 0.0671. The lowest BCUT2D eigenvalue weighted by Gasteiger charge is -2.32. The summed E-state index contributed by atoms with van der Waals surface area (Å²) in [7, 11) is 0. The maximum Gasteiger partial charge on any atom is 0.407 e. The van der Waals surface area contributed by atoms with Crippen molar-refractivity contribution in [2.75, 3.05) is 0 Å². The largest absolute Gasteiger partial charge is 0.480 e. The third-order valence-corrected chi connectivity index (χ3v) is 4.79. The quantitative estimate of drug-likeness (QED) is 0.681. The Morgan fingerprint density at radius 3 is 2.22 bits per heavy atom. The Morgan fingerprint density at radius 1 is 1.15 bits per heavy atom. The molecule has 1 fully saturated rings. The van der Waals surface area contributed by atoms with Crippen LogP contribution in [0, 0.1) is 0 Å². The first kappa shape index (κ1) is 21.5. The summed E-state index contributed by atoms with van der Waals surface area (Å²) in [5.74, 6) is -0.862. The molecule has 0 spiro atoms. The summed E-state index contributed by atoms with van der Waals surface area (Å²) in [6, 6.07) is 6.77. The molecule has 0 unspecified atom stereocenters. The average molecular weight is 397 g/mol. The van der Waals surface area contributed by atoms with E-state index in [1.54, 1.807) is 12.1 Å². The van der Waals surface area contributed by atoms with Crippen molar-refractivity contribution >= 4 is 23.7 Å².